The SMILES string of the molecule is Cc1cc(Cl)cc(C(Br)c2ccc(C(C)C)cc2)c1. The van der Waals surface area contributed by atoms with Crippen LogP contribution in [-0.2, 0) is 0 Å². The van der Waals surface area contributed by atoms with Crippen LogP contribution in [0, 0.1) is 6.92 Å². The molecular weight excluding hydrogens is 320 g/mol. The summed E-state index contributed by atoms with van der Waals surface area (Å²) < 4.78 is 0. The molecule has 0 nitrogen and oxygen atoms in total. The fourth-order valence-electron chi connectivity index (χ4n) is 2.15. The number of rotatable bonds is 3. The first-order valence-electron chi connectivity index (χ1n) is 6.48. The molecule has 100 valence electrons. The van der Waals surface area contributed by atoms with Crippen molar-refractivity contribution in [1.82, 2.24) is 0 Å². The maximum absolute atomic E-state index is 6.13. The van der Waals surface area contributed by atoms with Gasteiger partial charge in [0.15, 0.2) is 0 Å². The summed E-state index contributed by atoms with van der Waals surface area (Å²) in [5.74, 6) is 0.566. The van der Waals surface area contributed by atoms with Crippen molar-refractivity contribution < 1.29 is 0 Å². The van der Waals surface area contributed by atoms with Gasteiger partial charge in [0.1, 0.15) is 0 Å². The van der Waals surface area contributed by atoms with Gasteiger partial charge in [-0.1, -0.05) is 71.7 Å². The lowest BCUT2D eigenvalue weighted by Crippen LogP contribution is -1.95. The van der Waals surface area contributed by atoms with E-state index in [4.69, 9.17) is 11.6 Å². The molecule has 2 rings (SSSR count). The second-order valence-corrected chi connectivity index (χ2v) is 6.60. The molecule has 0 aliphatic heterocycles. The lowest BCUT2D eigenvalue weighted by Gasteiger charge is -2.13. The molecule has 0 saturated carbocycles. The van der Waals surface area contributed by atoms with Crippen molar-refractivity contribution in [3.05, 3.63) is 69.7 Å². The molecule has 0 heterocycles. The van der Waals surface area contributed by atoms with E-state index in [1.165, 1.54) is 22.3 Å². The van der Waals surface area contributed by atoms with Gasteiger partial charge in [0, 0.05) is 5.02 Å². The van der Waals surface area contributed by atoms with Crippen molar-refractivity contribution in [2.75, 3.05) is 0 Å². The lowest BCUT2D eigenvalue weighted by molar-refractivity contribution is 0.865. The maximum atomic E-state index is 6.13. The van der Waals surface area contributed by atoms with Gasteiger partial charge in [-0.2, -0.15) is 0 Å². The molecule has 0 aliphatic carbocycles. The average Bonchev–Trinajstić information content (AvgIpc) is 2.37. The van der Waals surface area contributed by atoms with Gasteiger partial charge in [0.05, 0.1) is 4.83 Å². The minimum Gasteiger partial charge on any atom is -0.0843 e. The van der Waals surface area contributed by atoms with Crippen LogP contribution in [0.25, 0.3) is 0 Å². The van der Waals surface area contributed by atoms with E-state index in [0.29, 0.717) is 5.92 Å². The van der Waals surface area contributed by atoms with E-state index in [2.05, 4.69) is 67.0 Å². The minimum absolute atomic E-state index is 0.186. The number of hydrogen-bond donors (Lipinski definition) is 0. The largest absolute Gasteiger partial charge is 0.0843 e. The fourth-order valence-corrected chi connectivity index (χ4v) is 3.02. The number of benzene rings is 2. The Balaban J connectivity index is 2.30. The molecule has 0 N–H and O–H groups in total. The molecule has 0 amide bonds. The molecular formula is C17H18BrCl. The zero-order valence-electron chi connectivity index (χ0n) is 11.5. The average molecular weight is 338 g/mol. The van der Waals surface area contributed by atoms with Gasteiger partial charge in [0.2, 0.25) is 0 Å². The van der Waals surface area contributed by atoms with Gasteiger partial charge in [-0.3, -0.25) is 0 Å². The zero-order valence-corrected chi connectivity index (χ0v) is 13.8. The van der Waals surface area contributed by atoms with E-state index < -0.39 is 0 Å². The highest BCUT2D eigenvalue weighted by atomic mass is 79.9. The van der Waals surface area contributed by atoms with Crippen LogP contribution in [0.3, 0.4) is 0 Å². The molecule has 0 fully saturated rings. The Morgan fingerprint density at radius 2 is 1.47 bits per heavy atom. The first-order valence-corrected chi connectivity index (χ1v) is 7.77. The Kier molecular flexibility index (Phi) is 4.70. The predicted octanol–water partition coefficient (Wildman–Crippen LogP) is 6.26. The molecule has 0 saturated heterocycles. The summed E-state index contributed by atoms with van der Waals surface area (Å²) >= 11 is 9.89. The second kappa shape index (κ2) is 6.11. The van der Waals surface area contributed by atoms with Crippen LogP contribution in [0.1, 0.15) is 46.8 Å². The Morgan fingerprint density at radius 3 is 2.00 bits per heavy atom. The van der Waals surface area contributed by atoms with Gasteiger partial charge in [0.25, 0.3) is 0 Å². The summed E-state index contributed by atoms with van der Waals surface area (Å²) in [5.41, 5.74) is 5.00. The van der Waals surface area contributed by atoms with Crippen LogP contribution >= 0.6 is 27.5 Å². The number of aryl methyl sites for hydroxylation is 1. The van der Waals surface area contributed by atoms with Gasteiger partial charge >= 0.3 is 0 Å². The first kappa shape index (κ1) is 14.6. The Morgan fingerprint density at radius 1 is 0.895 bits per heavy atom. The molecule has 1 atom stereocenters. The highest BCUT2D eigenvalue weighted by Crippen LogP contribution is 2.33. The third kappa shape index (κ3) is 3.61. The predicted molar refractivity (Wildman–Crippen MR) is 87.5 cm³/mol. The van der Waals surface area contributed by atoms with Crippen molar-refractivity contribution in [2.45, 2.75) is 31.5 Å². The van der Waals surface area contributed by atoms with E-state index in [1.807, 2.05) is 12.1 Å². The highest BCUT2D eigenvalue weighted by molar-refractivity contribution is 9.09. The maximum Gasteiger partial charge on any atom is 0.0645 e. The molecule has 0 aliphatic rings. The summed E-state index contributed by atoms with van der Waals surface area (Å²) in [5, 5.41) is 0.790. The standard InChI is InChI=1S/C17H18BrCl/c1-11(2)13-4-6-14(7-5-13)17(18)15-8-12(3)9-16(19)10-15/h4-11,17H,1-3H3. The smallest absolute Gasteiger partial charge is 0.0645 e. The third-order valence-corrected chi connectivity index (χ3v) is 4.53. The third-order valence-electron chi connectivity index (χ3n) is 3.25. The first-order chi connectivity index (χ1) is 8.97. The van der Waals surface area contributed by atoms with Crippen LogP contribution in [0.5, 0.6) is 0 Å². The molecule has 19 heavy (non-hydrogen) atoms. The molecule has 2 aromatic rings. The number of alkyl halides is 1. The molecule has 0 bridgehead atoms. The van der Waals surface area contributed by atoms with Crippen molar-refractivity contribution in [1.29, 1.82) is 0 Å². The Hall–Kier alpha value is -0.790. The lowest BCUT2D eigenvalue weighted by atomic mass is 9.98. The highest BCUT2D eigenvalue weighted by Gasteiger charge is 2.11. The topological polar surface area (TPSA) is 0 Å². The molecule has 0 spiro atoms. The Bertz CT molecular complexity index is 538. The normalized spacial score (nSPS) is 12.7. The van der Waals surface area contributed by atoms with E-state index in [9.17, 15) is 0 Å². The van der Waals surface area contributed by atoms with Crippen molar-refractivity contribution in [3.63, 3.8) is 0 Å². The molecule has 2 aromatic carbocycles. The van der Waals surface area contributed by atoms with Crippen LogP contribution in [0.15, 0.2) is 42.5 Å². The van der Waals surface area contributed by atoms with Crippen LogP contribution in [-0.4, -0.2) is 0 Å². The summed E-state index contributed by atoms with van der Waals surface area (Å²) in [4.78, 5) is 0.186. The van der Waals surface area contributed by atoms with Crippen LogP contribution in [0.4, 0.5) is 0 Å². The van der Waals surface area contributed by atoms with Gasteiger partial charge < -0.3 is 0 Å². The quantitative estimate of drug-likeness (QED) is 0.580. The zero-order chi connectivity index (χ0) is 14.0. The van der Waals surface area contributed by atoms with E-state index in [1.54, 1.807) is 0 Å². The summed E-state index contributed by atoms with van der Waals surface area (Å²) in [6, 6.07) is 14.9. The summed E-state index contributed by atoms with van der Waals surface area (Å²) in [6.45, 7) is 6.48. The summed E-state index contributed by atoms with van der Waals surface area (Å²) in [6.07, 6.45) is 0. The van der Waals surface area contributed by atoms with E-state index in [0.717, 1.165) is 5.02 Å². The summed E-state index contributed by atoms with van der Waals surface area (Å²) in [7, 11) is 0. The van der Waals surface area contributed by atoms with Crippen molar-refractivity contribution in [2.24, 2.45) is 0 Å². The monoisotopic (exact) mass is 336 g/mol. The van der Waals surface area contributed by atoms with Gasteiger partial charge in [-0.25, -0.2) is 0 Å². The number of hydrogen-bond acceptors (Lipinski definition) is 0. The molecule has 0 radical (unpaired) electrons. The van der Waals surface area contributed by atoms with E-state index in [-0.39, 0.29) is 4.83 Å². The number of halogens is 2. The molecule has 2 heteroatoms. The minimum atomic E-state index is 0.186. The molecule has 1 unspecified atom stereocenters. The van der Waals surface area contributed by atoms with E-state index >= 15 is 0 Å². The second-order valence-electron chi connectivity index (χ2n) is 5.25. The van der Waals surface area contributed by atoms with Crippen LogP contribution in [0.2, 0.25) is 5.02 Å². The van der Waals surface area contributed by atoms with Crippen molar-refractivity contribution >= 4 is 27.5 Å². The Labute approximate surface area is 128 Å². The van der Waals surface area contributed by atoms with Crippen molar-refractivity contribution in [3.8, 4) is 0 Å². The van der Waals surface area contributed by atoms with Gasteiger partial charge in [-0.05, 0) is 47.2 Å². The molecule has 0 aromatic heterocycles. The fraction of sp³-hybridized carbons (Fsp3) is 0.294. The van der Waals surface area contributed by atoms with Gasteiger partial charge in [-0.15, -0.1) is 0 Å². The van der Waals surface area contributed by atoms with Crippen LogP contribution < -0.4 is 0 Å².